The Morgan fingerprint density at radius 1 is 1.33 bits per heavy atom. The molecule has 102 valence electrons. The molecule has 2 heterocycles. The molecule has 2 saturated heterocycles. The molecule has 0 aromatic rings. The Bertz CT molecular complexity index is 329. The zero-order chi connectivity index (χ0) is 13.1. The molecular weight excluding hydrogens is 252 g/mol. The minimum Gasteiger partial charge on any atom is -0.480 e. The lowest BCUT2D eigenvalue weighted by Gasteiger charge is -2.35. The summed E-state index contributed by atoms with van der Waals surface area (Å²) < 4.78 is 0. The molecule has 0 radical (unpaired) electrons. The van der Waals surface area contributed by atoms with Gasteiger partial charge in [0.25, 0.3) is 0 Å². The second-order valence-electron chi connectivity index (χ2n) is 4.94. The lowest BCUT2D eigenvalue weighted by molar-refractivity contribution is -0.141. The number of nitrogens with zero attached hydrogens (tertiary/aromatic N) is 2. The van der Waals surface area contributed by atoms with Crippen LogP contribution >= 0.6 is 11.8 Å². The van der Waals surface area contributed by atoms with E-state index in [0.717, 1.165) is 31.8 Å². The van der Waals surface area contributed by atoms with Crippen molar-refractivity contribution in [2.75, 3.05) is 24.7 Å². The molecule has 5 nitrogen and oxygen atoms in total. The molecule has 2 aliphatic heterocycles. The Morgan fingerprint density at radius 2 is 2.00 bits per heavy atom. The van der Waals surface area contributed by atoms with Crippen molar-refractivity contribution < 1.29 is 14.7 Å². The minimum absolute atomic E-state index is 0.0954. The van der Waals surface area contributed by atoms with Crippen LogP contribution in [0.2, 0.25) is 0 Å². The summed E-state index contributed by atoms with van der Waals surface area (Å²) in [6.45, 7) is 3.72. The predicted octanol–water partition coefficient (Wildman–Crippen LogP) is 1.69. The zero-order valence-electron chi connectivity index (χ0n) is 10.7. The van der Waals surface area contributed by atoms with Crippen LogP contribution in [0.5, 0.6) is 0 Å². The third-order valence-electron chi connectivity index (χ3n) is 3.88. The highest BCUT2D eigenvalue weighted by Crippen LogP contribution is 2.25. The van der Waals surface area contributed by atoms with Crippen molar-refractivity contribution in [3.8, 4) is 0 Å². The van der Waals surface area contributed by atoms with Crippen LogP contribution in [0.25, 0.3) is 0 Å². The van der Waals surface area contributed by atoms with Crippen molar-refractivity contribution in [3.05, 3.63) is 0 Å². The second-order valence-corrected chi connectivity index (χ2v) is 5.94. The summed E-state index contributed by atoms with van der Waals surface area (Å²) in [5.74, 6) is 0.838. The van der Waals surface area contributed by atoms with Gasteiger partial charge in [-0.25, -0.2) is 9.59 Å². The maximum Gasteiger partial charge on any atom is 0.327 e. The number of carboxylic acids is 1. The molecule has 0 bridgehead atoms. The normalized spacial score (nSPS) is 25.5. The molecule has 2 rings (SSSR count). The van der Waals surface area contributed by atoms with E-state index in [1.807, 2.05) is 4.90 Å². The van der Waals surface area contributed by atoms with Crippen LogP contribution in [-0.2, 0) is 4.79 Å². The lowest BCUT2D eigenvalue weighted by atomic mass is 9.95. The number of thioether (sulfide) groups is 1. The average molecular weight is 272 g/mol. The van der Waals surface area contributed by atoms with Crippen LogP contribution in [0, 0.1) is 5.92 Å². The van der Waals surface area contributed by atoms with Gasteiger partial charge in [0.15, 0.2) is 0 Å². The fraction of sp³-hybridized carbons (Fsp3) is 0.833. The Balaban J connectivity index is 1.93. The van der Waals surface area contributed by atoms with Gasteiger partial charge >= 0.3 is 12.0 Å². The predicted molar refractivity (Wildman–Crippen MR) is 70.6 cm³/mol. The summed E-state index contributed by atoms with van der Waals surface area (Å²) in [6.07, 6.45) is 3.25. The molecule has 1 atom stereocenters. The van der Waals surface area contributed by atoms with E-state index in [4.69, 9.17) is 5.11 Å². The van der Waals surface area contributed by atoms with Crippen molar-refractivity contribution in [2.45, 2.75) is 32.2 Å². The van der Waals surface area contributed by atoms with Gasteiger partial charge in [0.1, 0.15) is 6.04 Å². The molecule has 2 amide bonds. The number of aliphatic carboxylic acids is 1. The molecule has 2 aliphatic rings. The summed E-state index contributed by atoms with van der Waals surface area (Å²) in [4.78, 5) is 26.7. The molecule has 2 fully saturated rings. The summed E-state index contributed by atoms with van der Waals surface area (Å²) in [6, 6.07) is -0.742. The first-order chi connectivity index (χ1) is 8.63. The number of amides is 2. The van der Waals surface area contributed by atoms with Crippen molar-refractivity contribution in [1.29, 1.82) is 0 Å². The first-order valence-corrected chi connectivity index (χ1v) is 7.65. The summed E-state index contributed by atoms with van der Waals surface area (Å²) in [5.41, 5.74) is 0. The van der Waals surface area contributed by atoms with E-state index in [2.05, 4.69) is 6.92 Å². The summed E-state index contributed by atoms with van der Waals surface area (Å²) in [7, 11) is 0. The number of likely N-dealkylation sites (tertiary alicyclic amines) is 1. The van der Waals surface area contributed by atoms with Gasteiger partial charge in [0.05, 0.1) is 5.88 Å². The lowest BCUT2D eigenvalue weighted by Crippen LogP contribution is -2.50. The highest BCUT2D eigenvalue weighted by atomic mass is 32.2. The second kappa shape index (κ2) is 5.82. The third kappa shape index (κ3) is 2.74. The summed E-state index contributed by atoms with van der Waals surface area (Å²) in [5, 5.41) is 9.09. The molecule has 0 aliphatic carbocycles. The Kier molecular flexibility index (Phi) is 4.37. The van der Waals surface area contributed by atoms with Gasteiger partial charge in [0.2, 0.25) is 0 Å². The van der Waals surface area contributed by atoms with E-state index in [0.29, 0.717) is 11.6 Å². The van der Waals surface area contributed by atoms with Crippen LogP contribution in [-0.4, -0.2) is 57.7 Å². The molecule has 0 spiro atoms. The quantitative estimate of drug-likeness (QED) is 0.831. The maximum atomic E-state index is 12.3. The highest BCUT2D eigenvalue weighted by Gasteiger charge is 2.37. The smallest absolute Gasteiger partial charge is 0.327 e. The first kappa shape index (κ1) is 13.5. The zero-order valence-corrected chi connectivity index (χ0v) is 11.5. The standard InChI is InChI=1S/C12H20N2O3S/c1-2-9-3-5-13(6-4-9)12(17)14-8-18-7-10(14)11(15)16/h9-10H,2-8H2,1H3,(H,15,16)/t10-/m0/s1. The first-order valence-electron chi connectivity index (χ1n) is 6.49. The van der Waals surface area contributed by atoms with E-state index in [9.17, 15) is 9.59 Å². The van der Waals surface area contributed by atoms with Gasteiger partial charge in [-0.2, -0.15) is 0 Å². The number of urea groups is 1. The van der Waals surface area contributed by atoms with Gasteiger partial charge in [-0.15, -0.1) is 11.8 Å². The molecule has 18 heavy (non-hydrogen) atoms. The summed E-state index contributed by atoms with van der Waals surface area (Å²) >= 11 is 1.51. The Morgan fingerprint density at radius 3 is 2.56 bits per heavy atom. The molecule has 0 aromatic heterocycles. The molecule has 1 N–H and O–H groups in total. The topological polar surface area (TPSA) is 60.9 Å². The minimum atomic E-state index is -0.892. The third-order valence-corrected chi connectivity index (χ3v) is 4.89. The van der Waals surface area contributed by atoms with Gasteiger partial charge in [-0.05, 0) is 18.8 Å². The van der Waals surface area contributed by atoms with Crippen molar-refractivity contribution >= 4 is 23.8 Å². The van der Waals surface area contributed by atoms with Crippen molar-refractivity contribution in [1.82, 2.24) is 9.80 Å². The fourth-order valence-electron chi connectivity index (χ4n) is 2.55. The van der Waals surface area contributed by atoms with Gasteiger partial charge in [-0.1, -0.05) is 13.3 Å². The van der Waals surface area contributed by atoms with E-state index in [-0.39, 0.29) is 6.03 Å². The van der Waals surface area contributed by atoms with E-state index in [1.165, 1.54) is 23.1 Å². The van der Waals surface area contributed by atoms with E-state index >= 15 is 0 Å². The number of piperidine rings is 1. The molecule has 0 aromatic carbocycles. The van der Waals surface area contributed by atoms with Gasteiger partial charge in [-0.3, -0.25) is 0 Å². The number of carboxylic acid groups (broad SMARTS) is 1. The van der Waals surface area contributed by atoms with Crippen molar-refractivity contribution in [3.63, 3.8) is 0 Å². The van der Waals surface area contributed by atoms with Crippen molar-refractivity contribution in [2.24, 2.45) is 5.92 Å². The van der Waals surface area contributed by atoms with Crippen LogP contribution in [0.4, 0.5) is 4.79 Å². The monoisotopic (exact) mass is 272 g/mol. The molecule has 0 saturated carbocycles. The average Bonchev–Trinajstić information content (AvgIpc) is 2.87. The maximum absolute atomic E-state index is 12.3. The van der Waals surface area contributed by atoms with Crippen LogP contribution < -0.4 is 0 Å². The molecule has 0 unspecified atom stereocenters. The fourth-order valence-corrected chi connectivity index (χ4v) is 3.69. The van der Waals surface area contributed by atoms with Crippen LogP contribution in [0.15, 0.2) is 0 Å². The number of carbonyl (C=O) groups excluding carboxylic acids is 1. The largest absolute Gasteiger partial charge is 0.480 e. The number of carbonyl (C=O) groups is 2. The Hall–Kier alpha value is -0.910. The number of rotatable bonds is 2. The van der Waals surface area contributed by atoms with E-state index in [1.54, 1.807) is 0 Å². The van der Waals surface area contributed by atoms with Crippen LogP contribution in [0.1, 0.15) is 26.2 Å². The molecule has 6 heteroatoms. The van der Waals surface area contributed by atoms with Gasteiger partial charge in [0, 0.05) is 18.8 Å². The number of hydrogen-bond donors (Lipinski definition) is 1. The van der Waals surface area contributed by atoms with E-state index < -0.39 is 12.0 Å². The Labute approximate surface area is 112 Å². The highest BCUT2D eigenvalue weighted by molar-refractivity contribution is 7.99. The number of hydrogen-bond acceptors (Lipinski definition) is 3. The van der Waals surface area contributed by atoms with Gasteiger partial charge < -0.3 is 14.9 Å². The molecular formula is C12H20N2O3S. The SMILES string of the molecule is CCC1CCN(C(=O)N2CSC[C@H]2C(=O)O)CC1. The van der Waals surface area contributed by atoms with Crippen LogP contribution in [0.3, 0.4) is 0 Å².